The highest BCUT2D eigenvalue weighted by Gasteiger charge is 2.22. The lowest BCUT2D eigenvalue weighted by atomic mass is 10.1. The van der Waals surface area contributed by atoms with Gasteiger partial charge in [-0.2, -0.15) is 0 Å². The molecule has 1 aliphatic rings. The van der Waals surface area contributed by atoms with Gasteiger partial charge in [-0.3, -0.25) is 9.59 Å². The lowest BCUT2D eigenvalue weighted by Gasteiger charge is -2.26. The first-order valence-electron chi connectivity index (χ1n) is 7.45. The maximum absolute atomic E-state index is 12.1. The highest BCUT2D eigenvalue weighted by atomic mass is 16.2. The maximum Gasteiger partial charge on any atom is 0.240 e. The molecular weight excluding hydrogens is 270 g/mol. The Labute approximate surface area is 124 Å². The monoisotopic (exact) mass is 293 g/mol. The maximum atomic E-state index is 12.1. The van der Waals surface area contributed by atoms with Crippen LogP contribution in [0.1, 0.15) is 57.9 Å². The Balaban J connectivity index is 1.92. The summed E-state index contributed by atoms with van der Waals surface area (Å²) in [4.78, 5) is 25.4. The van der Waals surface area contributed by atoms with Gasteiger partial charge in [0.15, 0.2) is 5.82 Å². The van der Waals surface area contributed by atoms with Crippen LogP contribution < -0.4 is 5.32 Å². The van der Waals surface area contributed by atoms with E-state index in [0.29, 0.717) is 13.0 Å². The molecule has 0 bridgehead atoms. The molecule has 0 aromatic carbocycles. The predicted molar refractivity (Wildman–Crippen MR) is 77.4 cm³/mol. The zero-order valence-corrected chi connectivity index (χ0v) is 12.9. The van der Waals surface area contributed by atoms with E-state index in [1.54, 1.807) is 11.2 Å². The highest BCUT2D eigenvalue weighted by Crippen LogP contribution is 2.14. The van der Waals surface area contributed by atoms with E-state index in [4.69, 9.17) is 0 Å². The summed E-state index contributed by atoms with van der Waals surface area (Å²) in [6.07, 6.45) is 4.10. The van der Waals surface area contributed by atoms with Crippen molar-refractivity contribution in [3.8, 4) is 0 Å². The van der Waals surface area contributed by atoms with E-state index in [0.717, 1.165) is 18.7 Å². The van der Waals surface area contributed by atoms with Gasteiger partial charge in [-0.05, 0) is 33.6 Å². The minimum Gasteiger partial charge on any atom is -0.345 e. The molecule has 0 unspecified atom stereocenters. The molecule has 1 N–H and O–H groups in total. The molecule has 2 heterocycles. The van der Waals surface area contributed by atoms with Crippen molar-refractivity contribution >= 4 is 11.8 Å². The van der Waals surface area contributed by atoms with Crippen LogP contribution in [-0.4, -0.2) is 44.6 Å². The quantitative estimate of drug-likeness (QED) is 0.880. The molecule has 1 atom stereocenters. The van der Waals surface area contributed by atoms with Gasteiger partial charge in [0.05, 0.1) is 12.6 Å². The van der Waals surface area contributed by atoms with Crippen molar-refractivity contribution in [1.82, 2.24) is 25.0 Å². The summed E-state index contributed by atoms with van der Waals surface area (Å²) in [6, 6.07) is 0.000293. The Morgan fingerprint density at radius 2 is 2.14 bits per heavy atom. The number of nitrogens with zero attached hydrogens (tertiary/aromatic N) is 4. The zero-order chi connectivity index (χ0) is 15.4. The van der Waals surface area contributed by atoms with Crippen molar-refractivity contribution in [2.45, 2.75) is 52.1 Å². The number of hydrogen-bond donors (Lipinski definition) is 1. The molecule has 2 amide bonds. The Kier molecular flexibility index (Phi) is 4.93. The van der Waals surface area contributed by atoms with Crippen molar-refractivity contribution < 1.29 is 9.59 Å². The number of carbonyl (C=O) groups excluding carboxylic acids is 2. The molecule has 0 saturated carbocycles. The third-order valence-corrected chi connectivity index (χ3v) is 3.68. The Morgan fingerprint density at radius 3 is 2.81 bits per heavy atom. The molecule has 1 saturated heterocycles. The second-order valence-electron chi connectivity index (χ2n) is 5.75. The van der Waals surface area contributed by atoms with Crippen molar-refractivity contribution in [2.24, 2.45) is 0 Å². The van der Waals surface area contributed by atoms with Gasteiger partial charge in [0.25, 0.3) is 0 Å². The van der Waals surface area contributed by atoms with Crippen molar-refractivity contribution in [1.29, 1.82) is 0 Å². The molecule has 116 valence electrons. The van der Waals surface area contributed by atoms with Gasteiger partial charge in [0, 0.05) is 19.0 Å². The average Bonchev–Trinajstić information content (AvgIpc) is 2.91. The lowest BCUT2D eigenvalue weighted by molar-refractivity contribution is -0.138. The molecule has 0 spiro atoms. The van der Waals surface area contributed by atoms with E-state index in [2.05, 4.69) is 15.5 Å². The SMILES string of the molecule is CC(C)n1cnnc1[C@H](C)NC(=O)CN1CCCCC1=O. The van der Waals surface area contributed by atoms with E-state index >= 15 is 0 Å². The van der Waals surface area contributed by atoms with Gasteiger partial charge in [-0.15, -0.1) is 10.2 Å². The third-order valence-electron chi connectivity index (χ3n) is 3.68. The molecule has 1 fully saturated rings. The normalized spacial score (nSPS) is 17.1. The number of piperidine rings is 1. The van der Waals surface area contributed by atoms with Gasteiger partial charge < -0.3 is 14.8 Å². The van der Waals surface area contributed by atoms with E-state index in [-0.39, 0.29) is 30.4 Å². The van der Waals surface area contributed by atoms with Gasteiger partial charge in [0.1, 0.15) is 6.33 Å². The summed E-state index contributed by atoms with van der Waals surface area (Å²) < 4.78 is 1.93. The molecule has 1 aliphatic heterocycles. The second kappa shape index (κ2) is 6.69. The first kappa shape index (κ1) is 15.5. The molecule has 21 heavy (non-hydrogen) atoms. The van der Waals surface area contributed by atoms with Crippen molar-refractivity contribution in [3.05, 3.63) is 12.2 Å². The van der Waals surface area contributed by atoms with Crippen LogP contribution in [0.3, 0.4) is 0 Å². The van der Waals surface area contributed by atoms with E-state index in [1.165, 1.54) is 0 Å². The Hall–Kier alpha value is -1.92. The van der Waals surface area contributed by atoms with Crippen LogP contribution in [0.5, 0.6) is 0 Å². The Morgan fingerprint density at radius 1 is 1.38 bits per heavy atom. The fourth-order valence-corrected chi connectivity index (χ4v) is 2.51. The van der Waals surface area contributed by atoms with Gasteiger partial charge in [-0.1, -0.05) is 0 Å². The molecule has 2 rings (SSSR count). The molecule has 0 radical (unpaired) electrons. The van der Waals surface area contributed by atoms with Gasteiger partial charge >= 0.3 is 0 Å². The lowest BCUT2D eigenvalue weighted by Crippen LogP contribution is -2.43. The van der Waals surface area contributed by atoms with Crippen LogP contribution in [0, 0.1) is 0 Å². The number of amides is 2. The van der Waals surface area contributed by atoms with E-state index in [1.807, 2.05) is 25.3 Å². The Bertz CT molecular complexity index is 511. The number of likely N-dealkylation sites (tertiary alicyclic amines) is 1. The minimum atomic E-state index is -0.234. The van der Waals surface area contributed by atoms with Crippen LogP contribution in [0.4, 0.5) is 0 Å². The molecule has 1 aromatic heterocycles. The standard InChI is InChI=1S/C14H23N5O2/c1-10(2)19-9-15-17-14(19)11(3)16-12(20)8-18-7-5-4-6-13(18)21/h9-11H,4-8H2,1-3H3,(H,16,20)/t11-/m0/s1. The van der Waals surface area contributed by atoms with E-state index < -0.39 is 0 Å². The first-order valence-corrected chi connectivity index (χ1v) is 7.45. The second-order valence-corrected chi connectivity index (χ2v) is 5.75. The largest absolute Gasteiger partial charge is 0.345 e. The van der Waals surface area contributed by atoms with Crippen LogP contribution in [0.2, 0.25) is 0 Å². The van der Waals surface area contributed by atoms with Crippen LogP contribution in [0.15, 0.2) is 6.33 Å². The van der Waals surface area contributed by atoms with Gasteiger partial charge in [-0.25, -0.2) is 0 Å². The molecule has 1 aromatic rings. The number of rotatable bonds is 5. The van der Waals surface area contributed by atoms with Crippen molar-refractivity contribution in [3.63, 3.8) is 0 Å². The smallest absolute Gasteiger partial charge is 0.240 e. The summed E-state index contributed by atoms with van der Waals surface area (Å²) in [6.45, 7) is 6.74. The van der Waals surface area contributed by atoms with Crippen LogP contribution in [0.25, 0.3) is 0 Å². The molecular formula is C14H23N5O2. The fourth-order valence-electron chi connectivity index (χ4n) is 2.51. The van der Waals surface area contributed by atoms with Crippen molar-refractivity contribution in [2.75, 3.05) is 13.1 Å². The van der Waals surface area contributed by atoms with Crippen LogP contribution in [-0.2, 0) is 9.59 Å². The molecule has 7 heteroatoms. The summed E-state index contributed by atoms with van der Waals surface area (Å²) in [5.74, 6) is 0.633. The third kappa shape index (κ3) is 3.80. The molecule has 0 aliphatic carbocycles. The predicted octanol–water partition coefficient (Wildman–Crippen LogP) is 1.05. The zero-order valence-electron chi connectivity index (χ0n) is 12.9. The number of hydrogen-bond acceptors (Lipinski definition) is 4. The summed E-state index contributed by atoms with van der Waals surface area (Å²) in [7, 11) is 0. The number of carbonyl (C=O) groups is 2. The first-order chi connectivity index (χ1) is 9.99. The topological polar surface area (TPSA) is 80.1 Å². The number of aromatic nitrogens is 3. The minimum absolute atomic E-state index is 0.0643. The molecule has 7 nitrogen and oxygen atoms in total. The van der Waals surface area contributed by atoms with Gasteiger partial charge in [0.2, 0.25) is 11.8 Å². The average molecular weight is 293 g/mol. The summed E-state index contributed by atoms with van der Waals surface area (Å²) in [5.41, 5.74) is 0. The fraction of sp³-hybridized carbons (Fsp3) is 0.714. The highest BCUT2D eigenvalue weighted by molar-refractivity contribution is 5.85. The summed E-state index contributed by atoms with van der Waals surface area (Å²) >= 11 is 0. The number of nitrogens with one attached hydrogen (secondary N) is 1. The van der Waals surface area contributed by atoms with E-state index in [9.17, 15) is 9.59 Å². The summed E-state index contributed by atoms with van der Waals surface area (Å²) in [5, 5.41) is 10.9. The van der Waals surface area contributed by atoms with Crippen LogP contribution >= 0.6 is 0 Å².